The Morgan fingerprint density at radius 3 is 2.73 bits per heavy atom. The lowest BCUT2D eigenvalue weighted by Crippen LogP contribution is -2.40. The van der Waals surface area contributed by atoms with Gasteiger partial charge in [0.1, 0.15) is 10.3 Å². The van der Waals surface area contributed by atoms with Crippen LogP contribution < -0.4 is 10.2 Å². The van der Waals surface area contributed by atoms with Crippen LogP contribution in [0.25, 0.3) is 10.3 Å². The third-order valence-electron chi connectivity index (χ3n) is 4.88. The predicted octanol–water partition coefficient (Wildman–Crippen LogP) is 3.53. The second-order valence-corrected chi connectivity index (χ2v) is 7.74. The molecule has 1 aromatic carbocycles. The Morgan fingerprint density at radius 1 is 1.23 bits per heavy atom. The van der Waals surface area contributed by atoms with Crippen molar-refractivity contribution in [2.75, 3.05) is 18.0 Å². The van der Waals surface area contributed by atoms with E-state index in [9.17, 15) is 4.79 Å². The van der Waals surface area contributed by atoms with Gasteiger partial charge in [0.05, 0.1) is 0 Å². The minimum atomic E-state index is 0.0872. The van der Waals surface area contributed by atoms with Crippen molar-refractivity contribution in [1.82, 2.24) is 15.3 Å². The van der Waals surface area contributed by atoms with E-state index in [4.69, 9.17) is 0 Å². The molecule has 0 spiro atoms. The van der Waals surface area contributed by atoms with Crippen LogP contribution in [0.1, 0.15) is 24.0 Å². The summed E-state index contributed by atoms with van der Waals surface area (Å²) in [4.78, 5) is 24.8. The Morgan fingerprint density at radius 2 is 2.00 bits per heavy atom. The molecule has 5 nitrogen and oxygen atoms in total. The molecule has 134 valence electrons. The molecule has 3 aromatic rings. The molecule has 0 aliphatic carbocycles. The summed E-state index contributed by atoms with van der Waals surface area (Å²) >= 11 is 1.63. The molecule has 3 heterocycles. The van der Waals surface area contributed by atoms with Crippen LogP contribution >= 0.6 is 11.3 Å². The van der Waals surface area contributed by atoms with Crippen molar-refractivity contribution in [3.05, 3.63) is 53.7 Å². The fraction of sp³-hybridized carbons (Fsp3) is 0.350. The molecule has 6 heteroatoms. The lowest BCUT2D eigenvalue weighted by atomic mass is 9.96. The topological polar surface area (TPSA) is 58.1 Å². The van der Waals surface area contributed by atoms with Gasteiger partial charge in [-0.2, -0.15) is 0 Å². The fourth-order valence-electron chi connectivity index (χ4n) is 3.27. The van der Waals surface area contributed by atoms with Crippen molar-refractivity contribution in [3.63, 3.8) is 0 Å². The summed E-state index contributed by atoms with van der Waals surface area (Å²) in [6.07, 6.45) is 3.53. The van der Waals surface area contributed by atoms with Gasteiger partial charge in [0, 0.05) is 31.7 Å². The quantitative estimate of drug-likeness (QED) is 0.767. The molecule has 0 saturated carbocycles. The molecule has 26 heavy (non-hydrogen) atoms. The Hall–Kier alpha value is -2.47. The number of fused-ring (bicyclic) bond motifs is 1. The summed E-state index contributed by atoms with van der Waals surface area (Å²) in [5, 5.41) is 4.10. The van der Waals surface area contributed by atoms with Crippen molar-refractivity contribution in [1.29, 1.82) is 0 Å². The monoisotopic (exact) mass is 366 g/mol. The molecular weight excluding hydrogens is 344 g/mol. The number of amides is 1. The molecule has 1 aliphatic rings. The highest BCUT2D eigenvalue weighted by atomic mass is 32.1. The second kappa shape index (κ2) is 7.41. The number of aromatic nitrogens is 2. The van der Waals surface area contributed by atoms with Crippen LogP contribution in [0.4, 0.5) is 5.13 Å². The summed E-state index contributed by atoms with van der Waals surface area (Å²) in [6.45, 7) is 4.39. The number of pyridine rings is 1. The van der Waals surface area contributed by atoms with Gasteiger partial charge in [-0.1, -0.05) is 41.2 Å². The number of aryl methyl sites for hydroxylation is 1. The number of carbonyl (C=O) groups is 1. The third-order valence-corrected chi connectivity index (χ3v) is 5.92. The molecule has 1 aliphatic heterocycles. The number of piperidine rings is 1. The third kappa shape index (κ3) is 3.70. The second-order valence-electron chi connectivity index (χ2n) is 6.79. The maximum Gasteiger partial charge on any atom is 0.223 e. The summed E-state index contributed by atoms with van der Waals surface area (Å²) in [7, 11) is 0. The van der Waals surface area contributed by atoms with Gasteiger partial charge in [-0.15, -0.1) is 0 Å². The average Bonchev–Trinajstić information content (AvgIpc) is 3.12. The summed E-state index contributed by atoms with van der Waals surface area (Å²) in [6, 6.07) is 12.2. The van der Waals surface area contributed by atoms with E-state index in [1.165, 1.54) is 5.56 Å². The van der Waals surface area contributed by atoms with Crippen molar-refractivity contribution >= 4 is 32.7 Å². The van der Waals surface area contributed by atoms with Gasteiger partial charge in [-0.25, -0.2) is 9.97 Å². The first-order valence-electron chi connectivity index (χ1n) is 8.99. The first kappa shape index (κ1) is 17.0. The van der Waals surface area contributed by atoms with E-state index >= 15 is 0 Å². The number of nitrogens with zero attached hydrogens (tertiary/aromatic N) is 3. The van der Waals surface area contributed by atoms with E-state index in [1.807, 2.05) is 12.1 Å². The van der Waals surface area contributed by atoms with Gasteiger partial charge in [-0.05, 0) is 37.5 Å². The van der Waals surface area contributed by atoms with Crippen molar-refractivity contribution in [3.8, 4) is 0 Å². The largest absolute Gasteiger partial charge is 0.352 e. The van der Waals surface area contributed by atoms with Gasteiger partial charge in [0.2, 0.25) is 5.91 Å². The van der Waals surface area contributed by atoms with Crippen LogP contribution in [0.2, 0.25) is 0 Å². The number of thiazole rings is 1. The van der Waals surface area contributed by atoms with Crippen LogP contribution in [-0.4, -0.2) is 29.0 Å². The van der Waals surface area contributed by atoms with Gasteiger partial charge < -0.3 is 10.2 Å². The minimum Gasteiger partial charge on any atom is -0.352 e. The smallest absolute Gasteiger partial charge is 0.223 e. The lowest BCUT2D eigenvalue weighted by Gasteiger charge is -2.31. The van der Waals surface area contributed by atoms with Crippen LogP contribution in [0, 0.1) is 12.8 Å². The average molecular weight is 366 g/mol. The van der Waals surface area contributed by atoms with Gasteiger partial charge in [-0.3, -0.25) is 4.79 Å². The van der Waals surface area contributed by atoms with Crippen LogP contribution in [0.5, 0.6) is 0 Å². The normalized spacial score (nSPS) is 15.3. The number of carbonyl (C=O) groups excluding carboxylic acids is 1. The minimum absolute atomic E-state index is 0.0872. The number of nitrogens with one attached hydrogen (secondary N) is 1. The maximum absolute atomic E-state index is 12.5. The van der Waals surface area contributed by atoms with Gasteiger partial charge >= 0.3 is 0 Å². The molecule has 1 amide bonds. The Kier molecular flexibility index (Phi) is 4.84. The molecule has 1 N–H and O–H groups in total. The number of rotatable bonds is 4. The summed E-state index contributed by atoms with van der Waals surface area (Å²) < 4.78 is 0. The van der Waals surface area contributed by atoms with E-state index < -0.39 is 0 Å². The molecule has 1 saturated heterocycles. The van der Waals surface area contributed by atoms with Gasteiger partial charge in [0.25, 0.3) is 0 Å². The SMILES string of the molecule is Cc1ccc(CNC(=O)C2CCN(c3nc4cccnc4s3)CC2)cc1. The highest BCUT2D eigenvalue weighted by Crippen LogP contribution is 2.30. The van der Waals surface area contributed by atoms with E-state index in [2.05, 4.69) is 51.4 Å². The van der Waals surface area contributed by atoms with E-state index in [1.54, 1.807) is 17.5 Å². The molecule has 1 fully saturated rings. The number of hydrogen-bond acceptors (Lipinski definition) is 5. The molecule has 2 aromatic heterocycles. The van der Waals surface area contributed by atoms with Gasteiger partial charge in [0.15, 0.2) is 5.13 Å². The molecular formula is C20H22N4OS. The van der Waals surface area contributed by atoms with E-state index in [-0.39, 0.29) is 11.8 Å². The fourth-order valence-corrected chi connectivity index (χ4v) is 4.23. The Balaban J connectivity index is 1.31. The zero-order valence-corrected chi connectivity index (χ0v) is 15.6. The molecule has 0 bridgehead atoms. The summed E-state index contributed by atoms with van der Waals surface area (Å²) in [5.41, 5.74) is 3.33. The van der Waals surface area contributed by atoms with E-state index in [0.717, 1.165) is 47.0 Å². The summed E-state index contributed by atoms with van der Waals surface area (Å²) in [5.74, 6) is 0.250. The zero-order valence-electron chi connectivity index (χ0n) is 14.8. The van der Waals surface area contributed by atoms with Crippen molar-refractivity contribution in [2.45, 2.75) is 26.3 Å². The lowest BCUT2D eigenvalue weighted by molar-refractivity contribution is -0.125. The maximum atomic E-state index is 12.5. The number of benzene rings is 1. The Labute approximate surface area is 157 Å². The van der Waals surface area contributed by atoms with E-state index in [0.29, 0.717) is 6.54 Å². The predicted molar refractivity (Wildman–Crippen MR) is 105 cm³/mol. The Bertz CT molecular complexity index is 865. The van der Waals surface area contributed by atoms with Crippen LogP contribution in [0.15, 0.2) is 42.6 Å². The van der Waals surface area contributed by atoms with Crippen molar-refractivity contribution in [2.24, 2.45) is 5.92 Å². The van der Waals surface area contributed by atoms with Crippen LogP contribution in [0.3, 0.4) is 0 Å². The first-order chi connectivity index (χ1) is 12.7. The molecule has 0 unspecified atom stereocenters. The highest BCUT2D eigenvalue weighted by molar-refractivity contribution is 7.21. The number of hydrogen-bond donors (Lipinski definition) is 1. The highest BCUT2D eigenvalue weighted by Gasteiger charge is 2.26. The molecule has 0 atom stereocenters. The first-order valence-corrected chi connectivity index (χ1v) is 9.80. The standard InChI is InChI=1S/C20H22N4OS/c1-14-4-6-15(7-5-14)13-22-18(25)16-8-11-24(12-9-16)20-23-17-3-2-10-21-19(17)26-20/h2-7,10,16H,8-9,11-13H2,1H3,(H,22,25). The molecule has 4 rings (SSSR count). The molecule has 0 radical (unpaired) electrons. The van der Waals surface area contributed by atoms with Crippen molar-refractivity contribution < 1.29 is 4.79 Å². The zero-order chi connectivity index (χ0) is 17.9. The number of anilines is 1. The van der Waals surface area contributed by atoms with Crippen LogP contribution in [-0.2, 0) is 11.3 Å².